The van der Waals surface area contributed by atoms with Gasteiger partial charge >= 0.3 is 5.97 Å². The lowest BCUT2D eigenvalue weighted by atomic mass is 10.2. The van der Waals surface area contributed by atoms with Gasteiger partial charge in [-0.25, -0.2) is 0 Å². The molecule has 0 saturated carbocycles. The van der Waals surface area contributed by atoms with Crippen LogP contribution in [-0.2, 0) is 11.3 Å². The van der Waals surface area contributed by atoms with Crippen molar-refractivity contribution in [3.05, 3.63) is 28.2 Å². The van der Waals surface area contributed by atoms with E-state index in [1.165, 1.54) is 12.3 Å². The number of carbonyl (C=O) groups is 1. The average molecular weight is 264 g/mol. The Morgan fingerprint density at radius 3 is 2.89 bits per heavy atom. The maximum atomic E-state index is 11.2. The molecule has 0 aliphatic carbocycles. The second-order valence-electron chi connectivity index (χ2n) is 4.07. The molecule has 0 saturated heterocycles. The summed E-state index contributed by atoms with van der Waals surface area (Å²) in [4.78, 5) is 22.2. The third kappa shape index (κ3) is 3.86. The Kier molecular flexibility index (Phi) is 5.15. The van der Waals surface area contributed by atoms with Gasteiger partial charge in [-0.1, -0.05) is 5.92 Å². The Morgan fingerprint density at radius 1 is 1.63 bits per heavy atom. The van der Waals surface area contributed by atoms with Crippen molar-refractivity contribution in [1.82, 2.24) is 9.88 Å². The lowest BCUT2D eigenvalue weighted by molar-refractivity contribution is -0.139. The van der Waals surface area contributed by atoms with E-state index in [1.807, 2.05) is 0 Å². The van der Waals surface area contributed by atoms with E-state index in [2.05, 4.69) is 11.2 Å². The topological polar surface area (TPSA) is 91.6 Å². The van der Waals surface area contributed by atoms with Crippen LogP contribution in [0.15, 0.2) is 17.1 Å². The molecule has 0 aromatic carbocycles. The Labute approximate surface area is 110 Å². The minimum absolute atomic E-state index is 0.172. The first-order chi connectivity index (χ1) is 8.97. The third-order valence-corrected chi connectivity index (χ3v) is 2.82. The number of aliphatic carboxylic acids is 1. The molecule has 1 aromatic rings. The summed E-state index contributed by atoms with van der Waals surface area (Å²) in [5.74, 6) is 1.01. The van der Waals surface area contributed by atoms with Gasteiger partial charge in [0.25, 0.3) is 0 Å². The minimum Gasteiger partial charge on any atom is -0.503 e. The highest BCUT2D eigenvalue weighted by molar-refractivity contribution is 5.73. The van der Waals surface area contributed by atoms with E-state index < -0.39 is 17.4 Å². The zero-order valence-electron chi connectivity index (χ0n) is 10.6. The van der Waals surface area contributed by atoms with Gasteiger partial charge in [0.05, 0.1) is 12.2 Å². The summed E-state index contributed by atoms with van der Waals surface area (Å²) in [5, 5.41) is 21.2. The summed E-state index contributed by atoms with van der Waals surface area (Å²) in [5.41, 5.74) is -0.0393. The molecule has 0 aliphatic rings. The van der Waals surface area contributed by atoms with Crippen LogP contribution in [0.3, 0.4) is 0 Å². The number of aromatic nitrogens is 1. The highest BCUT2D eigenvalue weighted by Gasteiger charge is 2.16. The van der Waals surface area contributed by atoms with Crippen LogP contribution in [0.5, 0.6) is 5.75 Å². The molecule has 0 fully saturated rings. The number of aromatic hydroxyl groups is 1. The number of nitrogens with zero attached hydrogens (tertiary/aromatic N) is 1. The quantitative estimate of drug-likeness (QED) is 0.625. The van der Waals surface area contributed by atoms with Gasteiger partial charge in [0.2, 0.25) is 5.43 Å². The van der Waals surface area contributed by atoms with Crippen LogP contribution in [-0.4, -0.2) is 33.3 Å². The number of hydrogen-bond acceptors (Lipinski definition) is 4. The van der Waals surface area contributed by atoms with Crippen molar-refractivity contribution in [3.8, 4) is 18.1 Å². The van der Waals surface area contributed by atoms with E-state index in [0.29, 0.717) is 18.7 Å². The molecule has 0 aliphatic heterocycles. The Balaban J connectivity index is 2.75. The van der Waals surface area contributed by atoms with E-state index in [-0.39, 0.29) is 12.3 Å². The minimum atomic E-state index is -0.988. The smallest absolute Gasteiger partial charge is 0.320 e. The largest absolute Gasteiger partial charge is 0.503 e. The van der Waals surface area contributed by atoms with Gasteiger partial charge in [-0.05, 0) is 13.3 Å². The van der Waals surface area contributed by atoms with Crippen molar-refractivity contribution in [2.24, 2.45) is 0 Å². The zero-order valence-corrected chi connectivity index (χ0v) is 10.6. The molecule has 6 nitrogen and oxygen atoms in total. The molecule has 19 heavy (non-hydrogen) atoms. The summed E-state index contributed by atoms with van der Waals surface area (Å²) >= 11 is 0. The number of terminal acetylenes is 1. The molecule has 1 aromatic heterocycles. The van der Waals surface area contributed by atoms with Crippen molar-refractivity contribution in [2.75, 3.05) is 6.54 Å². The molecule has 1 rings (SSSR count). The van der Waals surface area contributed by atoms with E-state index in [9.17, 15) is 14.7 Å². The van der Waals surface area contributed by atoms with Crippen LogP contribution in [0.1, 0.15) is 12.1 Å². The summed E-state index contributed by atoms with van der Waals surface area (Å²) in [7, 11) is 0. The second kappa shape index (κ2) is 6.61. The predicted octanol–water partition coefficient (Wildman–Crippen LogP) is -0.0716. The summed E-state index contributed by atoms with van der Waals surface area (Å²) in [6.07, 6.45) is 6.88. The van der Waals surface area contributed by atoms with E-state index >= 15 is 0 Å². The molecular weight excluding hydrogens is 248 g/mol. The normalized spacial score (nSPS) is 11.8. The molecule has 0 spiro atoms. The van der Waals surface area contributed by atoms with Crippen molar-refractivity contribution >= 4 is 5.97 Å². The van der Waals surface area contributed by atoms with Crippen LogP contribution in [0.2, 0.25) is 0 Å². The van der Waals surface area contributed by atoms with Crippen LogP contribution >= 0.6 is 0 Å². The number of aryl methyl sites for hydroxylation is 1. The SMILES string of the molecule is C#CCNC(CCn1ccc(=O)c(O)c1C)C(=O)O. The number of carboxylic acid groups (broad SMARTS) is 1. The first-order valence-corrected chi connectivity index (χ1v) is 5.76. The molecule has 0 bridgehead atoms. The highest BCUT2D eigenvalue weighted by atomic mass is 16.4. The molecule has 102 valence electrons. The lowest BCUT2D eigenvalue weighted by Gasteiger charge is -2.16. The summed E-state index contributed by atoms with van der Waals surface area (Å²) in [6.45, 7) is 2.13. The first kappa shape index (κ1) is 14.8. The summed E-state index contributed by atoms with van der Waals surface area (Å²) in [6, 6.07) is 0.476. The van der Waals surface area contributed by atoms with Gasteiger partial charge in [0.15, 0.2) is 5.75 Å². The van der Waals surface area contributed by atoms with Crippen LogP contribution in [0.4, 0.5) is 0 Å². The highest BCUT2D eigenvalue weighted by Crippen LogP contribution is 2.10. The average Bonchev–Trinajstić information content (AvgIpc) is 2.38. The predicted molar refractivity (Wildman–Crippen MR) is 70.0 cm³/mol. The van der Waals surface area contributed by atoms with Crippen molar-refractivity contribution in [2.45, 2.75) is 25.9 Å². The monoisotopic (exact) mass is 264 g/mol. The summed E-state index contributed by atoms with van der Waals surface area (Å²) < 4.78 is 1.63. The Morgan fingerprint density at radius 2 is 2.32 bits per heavy atom. The fraction of sp³-hybridized carbons (Fsp3) is 0.385. The maximum absolute atomic E-state index is 11.2. The molecule has 3 N–H and O–H groups in total. The number of carboxylic acids is 1. The van der Waals surface area contributed by atoms with Gasteiger partial charge in [0, 0.05) is 18.8 Å². The fourth-order valence-electron chi connectivity index (χ4n) is 1.67. The standard InChI is InChI=1S/C13H16N2O4/c1-3-6-14-10(13(18)19)4-7-15-8-5-11(16)12(17)9(15)2/h1,5,8,10,14,17H,4,6-7H2,2H3,(H,18,19). The van der Waals surface area contributed by atoms with E-state index in [0.717, 1.165) is 0 Å². The molecule has 1 atom stereocenters. The zero-order chi connectivity index (χ0) is 14.4. The molecular formula is C13H16N2O4. The van der Waals surface area contributed by atoms with E-state index in [4.69, 9.17) is 11.5 Å². The number of rotatable bonds is 6. The molecule has 1 unspecified atom stereocenters. The van der Waals surface area contributed by atoms with Gasteiger partial charge in [-0.2, -0.15) is 0 Å². The second-order valence-corrected chi connectivity index (χ2v) is 4.07. The van der Waals surface area contributed by atoms with Gasteiger partial charge < -0.3 is 14.8 Å². The van der Waals surface area contributed by atoms with Crippen molar-refractivity contribution < 1.29 is 15.0 Å². The third-order valence-electron chi connectivity index (χ3n) is 2.82. The van der Waals surface area contributed by atoms with Crippen LogP contribution < -0.4 is 10.7 Å². The number of pyridine rings is 1. The maximum Gasteiger partial charge on any atom is 0.320 e. The lowest BCUT2D eigenvalue weighted by Crippen LogP contribution is -2.37. The van der Waals surface area contributed by atoms with Crippen LogP contribution in [0.25, 0.3) is 0 Å². The fourth-order valence-corrected chi connectivity index (χ4v) is 1.67. The number of hydrogen-bond donors (Lipinski definition) is 3. The van der Waals surface area contributed by atoms with E-state index in [1.54, 1.807) is 11.5 Å². The van der Waals surface area contributed by atoms with Gasteiger partial charge in [-0.3, -0.25) is 14.9 Å². The van der Waals surface area contributed by atoms with Crippen LogP contribution in [0, 0.1) is 19.3 Å². The molecule has 6 heteroatoms. The number of nitrogens with one attached hydrogen (secondary N) is 1. The molecule has 0 amide bonds. The first-order valence-electron chi connectivity index (χ1n) is 5.76. The van der Waals surface area contributed by atoms with Crippen molar-refractivity contribution in [1.29, 1.82) is 0 Å². The molecule has 1 heterocycles. The van der Waals surface area contributed by atoms with Crippen molar-refractivity contribution in [3.63, 3.8) is 0 Å². The molecule has 0 radical (unpaired) electrons. The Bertz CT molecular complexity index is 557. The van der Waals surface area contributed by atoms with Gasteiger partial charge in [0.1, 0.15) is 6.04 Å². The van der Waals surface area contributed by atoms with Gasteiger partial charge in [-0.15, -0.1) is 6.42 Å². The Hall–Kier alpha value is -2.26.